The van der Waals surface area contributed by atoms with Crippen LogP contribution in [-0.2, 0) is 9.59 Å². The molecule has 2 amide bonds. The molecule has 0 aliphatic rings. The van der Waals surface area contributed by atoms with Crippen LogP contribution in [0.5, 0.6) is 0 Å². The monoisotopic (exact) mass is 480 g/mol. The van der Waals surface area contributed by atoms with Gasteiger partial charge in [-0.3, -0.25) is 14.9 Å². The number of amides is 2. The Bertz CT molecular complexity index is 811. The van der Waals surface area contributed by atoms with Crippen molar-refractivity contribution in [2.24, 2.45) is 5.92 Å². The zero-order valence-electron chi connectivity index (χ0n) is 17.2. The van der Waals surface area contributed by atoms with E-state index in [-0.39, 0.29) is 17.7 Å². The summed E-state index contributed by atoms with van der Waals surface area (Å²) in [6.45, 7) is 6.11. The second-order valence-corrected chi connectivity index (χ2v) is 9.05. The van der Waals surface area contributed by atoms with Crippen LogP contribution in [0.25, 0.3) is 10.6 Å². The van der Waals surface area contributed by atoms with E-state index in [1.807, 2.05) is 38.1 Å². The van der Waals surface area contributed by atoms with Gasteiger partial charge < -0.3 is 5.32 Å². The predicted molar refractivity (Wildman–Crippen MR) is 122 cm³/mol. The first-order valence-electron chi connectivity index (χ1n) is 10.1. The number of hydrogen-bond acceptors (Lipinski definition) is 5. The summed E-state index contributed by atoms with van der Waals surface area (Å²) in [5.74, 6) is -0.307. The number of halogens is 1. The van der Waals surface area contributed by atoms with E-state index < -0.39 is 6.04 Å². The molecule has 0 spiro atoms. The lowest BCUT2D eigenvalue weighted by atomic mass is 9.98. The fraction of sp³-hybridized carbons (Fsp3) is 0.524. The number of rotatable bonds is 11. The fourth-order valence-corrected chi connectivity index (χ4v) is 4.00. The molecule has 0 bridgehead atoms. The summed E-state index contributed by atoms with van der Waals surface area (Å²) in [6.07, 6.45) is 5.37. The third-order valence-corrected chi connectivity index (χ3v) is 6.18. The Labute approximate surface area is 185 Å². The van der Waals surface area contributed by atoms with Crippen LogP contribution in [0.15, 0.2) is 28.7 Å². The van der Waals surface area contributed by atoms with Crippen molar-refractivity contribution in [2.75, 3.05) is 5.32 Å². The minimum atomic E-state index is -0.586. The summed E-state index contributed by atoms with van der Waals surface area (Å²) in [4.78, 5) is 25.1. The molecule has 0 aliphatic carbocycles. The molecule has 0 unspecified atom stereocenters. The number of nitrogens with one attached hydrogen (secondary N) is 2. The Morgan fingerprint density at radius 1 is 1.17 bits per heavy atom. The molecule has 6 nitrogen and oxygen atoms in total. The van der Waals surface area contributed by atoms with Crippen molar-refractivity contribution >= 4 is 44.2 Å². The molecular weight excluding hydrogens is 452 g/mol. The van der Waals surface area contributed by atoms with Crippen molar-refractivity contribution in [3.05, 3.63) is 28.7 Å². The van der Waals surface area contributed by atoms with Crippen LogP contribution in [-0.4, -0.2) is 28.1 Å². The van der Waals surface area contributed by atoms with E-state index in [0.29, 0.717) is 11.6 Å². The van der Waals surface area contributed by atoms with Crippen molar-refractivity contribution in [1.82, 2.24) is 15.5 Å². The number of nitrogens with zero attached hydrogens (tertiary/aromatic N) is 2. The van der Waals surface area contributed by atoms with Crippen LogP contribution < -0.4 is 10.6 Å². The third kappa shape index (κ3) is 7.51. The minimum absolute atomic E-state index is 0.0204. The molecule has 0 fully saturated rings. The molecular formula is C21H29BrN4O2S. The number of aromatic nitrogens is 2. The Morgan fingerprint density at radius 3 is 2.66 bits per heavy atom. The second kappa shape index (κ2) is 12.0. The SMILES string of the molecule is CCCCCCC(=O)N[C@H](C(=O)Nc1nnc(-c2cccc(Br)c2)s1)[C@@H](C)CC. The number of anilines is 1. The van der Waals surface area contributed by atoms with Crippen LogP contribution in [0, 0.1) is 5.92 Å². The normalized spacial score (nSPS) is 13.0. The maximum atomic E-state index is 12.8. The van der Waals surface area contributed by atoms with Gasteiger partial charge in [0, 0.05) is 16.5 Å². The summed E-state index contributed by atoms with van der Waals surface area (Å²) in [5.41, 5.74) is 0.927. The number of carbonyl (C=O) groups excluding carboxylic acids is 2. The molecule has 2 rings (SSSR count). The van der Waals surface area contributed by atoms with Gasteiger partial charge in [-0.2, -0.15) is 0 Å². The van der Waals surface area contributed by atoms with Crippen molar-refractivity contribution < 1.29 is 9.59 Å². The van der Waals surface area contributed by atoms with E-state index in [1.54, 1.807) is 0 Å². The Hall–Kier alpha value is -1.80. The first kappa shape index (κ1) is 23.5. The van der Waals surface area contributed by atoms with Gasteiger partial charge in [-0.1, -0.05) is 85.9 Å². The maximum Gasteiger partial charge on any atom is 0.249 e. The summed E-state index contributed by atoms with van der Waals surface area (Å²) in [6, 6.07) is 7.17. The summed E-state index contributed by atoms with van der Waals surface area (Å²) >= 11 is 4.76. The van der Waals surface area contributed by atoms with Gasteiger partial charge in [-0.25, -0.2) is 0 Å². The Morgan fingerprint density at radius 2 is 1.97 bits per heavy atom. The topological polar surface area (TPSA) is 84.0 Å². The first-order chi connectivity index (χ1) is 13.9. The highest BCUT2D eigenvalue weighted by atomic mass is 79.9. The molecule has 2 atom stereocenters. The number of carbonyl (C=O) groups is 2. The van der Waals surface area contributed by atoms with E-state index >= 15 is 0 Å². The molecule has 1 aromatic carbocycles. The standard InChI is InChI=1S/C21H29BrN4O2S/c1-4-6-7-8-12-17(27)23-18(14(3)5-2)19(28)24-21-26-25-20(29-21)15-10-9-11-16(22)13-15/h9-11,13-14,18H,4-8,12H2,1-3H3,(H,23,27)(H,24,26,28)/t14-,18-/m0/s1. The van der Waals surface area contributed by atoms with Crippen molar-refractivity contribution in [1.29, 1.82) is 0 Å². The van der Waals surface area contributed by atoms with Crippen molar-refractivity contribution in [2.45, 2.75) is 65.3 Å². The van der Waals surface area contributed by atoms with Crippen molar-refractivity contribution in [3.8, 4) is 10.6 Å². The van der Waals surface area contributed by atoms with E-state index in [1.165, 1.54) is 11.3 Å². The Kier molecular flexibility index (Phi) is 9.73. The Balaban J connectivity index is 2.00. The lowest BCUT2D eigenvalue weighted by Crippen LogP contribution is -2.47. The highest BCUT2D eigenvalue weighted by Crippen LogP contribution is 2.28. The minimum Gasteiger partial charge on any atom is -0.344 e. The molecule has 1 heterocycles. The van der Waals surface area contributed by atoms with Gasteiger partial charge in [0.2, 0.25) is 16.9 Å². The van der Waals surface area contributed by atoms with Crippen LogP contribution in [0.2, 0.25) is 0 Å². The van der Waals surface area contributed by atoms with Gasteiger partial charge in [-0.05, 0) is 24.5 Å². The van der Waals surface area contributed by atoms with Gasteiger partial charge in [0.25, 0.3) is 0 Å². The quantitative estimate of drug-likeness (QED) is 0.421. The molecule has 0 saturated heterocycles. The molecule has 2 N–H and O–H groups in total. The van der Waals surface area contributed by atoms with E-state index in [2.05, 4.69) is 43.7 Å². The highest BCUT2D eigenvalue weighted by Gasteiger charge is 2.26. The average Bonchev–Trinajstić information content (AvgIpc) is 3.17. The molecule has 1 aromatic heterocycles. The van der Waals surface area contributed by atoms with Gasteiger partial charge in [-0.15, -0.1) is 10.2 Å². The number of benzene rings is 1. The zero-order valence-corrected chi connectivity index (χ0v) is 19.6. The molecule has 8 heteroatoms. The summed E-state index contributed by atoms with van der Waals surface area (Å²) < 4.78 is 0.953. The highest BCUT2D eigenvalue weighted by molar-refractivity contribution is 9.10. The third-order valence-electron chi connectivity index (χ3n) is 4.80. The fourth-order valence-electron chi connectivity index (χ4n) is 2.85. The smallest absolute Gasteiger partial charge is 0.249 e. The maximum absolute atomic E-state index is 12.8. The molecule has 158 valence electrons. The van der Waals surface area contributed by atoms with Gasteiger partial charge >= 0.3 is 0 Å². The van der Waals surface area contributed by atoms with E-state index in [0.717, 1.165) is 47.1 Å². The molecule has 29 heavy (non-hydrogen) atoms. The van der Waals surface area contributed by atoms with E-state index in [4.69, 9.17) is 0 Å². The van der Waals surface area contributed by atoms with Gasteiger partial charge in [0.1, 0.15) is 11.0 Å². The summed E-state index contributed by atoms with van der Waals surface area (Å²) in [5, 5.41) is 15.1. The lowest BCUT2D eigenvalue weighted by Gasteiger charge is -2.23. The number of hydrogen-bond donors (Lipinski definition) is 2. The van der Waals surface area contributed by atoms with Crippen LogP contribution in [0.3, 0.4) is 0 Å². The van der Waals surface area contributed by atoms with Crippen LogP contribution in [0.4, 0.5) is 5.13 Å². The zero-order chi connectivity index (χ0) is 21.2. The molecule has 0 saturated carbocycles. The van der Waals surface area contributed by atoms with Crippen LogP contribution in [0.1, 0.15) is 59.3 Å². The second-order valence-electron chi connectivity index (χ2n) is 7.15. The van der Waals surface area contributed by atoms with Gasteiger partial charge in [0.05, 0.1) is 0 Å². The molecule has 0 aliphatic heterocycles. The summed E-state index contributed by atoms with van der Waals surface area (Å²) in [7, 11) is 0. The largest absolute Gasteiger partial charge is 0.344 e. The lowest BCUT2D eigenvalue weighted by molar-refractivity contribution is -0.127. The first-order valence-corrected chi connectivity index (χ1v) is 11.7. The predicted octanol–water partition coefficient (Wildman–Crippen LogP) is 5.41. The van der Waals surface area contributed by atoms with Crippen LogP contribution >= 0.6 is 27.3 Å². The average molecular weight is 481 g/mol. The van der Waals surface area contributed by atoms with Crippen molar-refractivity contribution in [3.63, 3.8) is 0 Å². The van der Waals surface area contributed by atoms with E-state index in [9.17, 15) is 9.59 Å². The van der Waals surface area contributed by atoms with Gasteiger partial charge in [0.15, 0.2) is 0 Å². The molecule has 0 radical (unpaired) electrons. The molecule has 2 aromatic rings. The number of unbranched alkanes of at least 4 members (excludes halogenated alkanes) is 3.